The number of halogens is 2. The molecule has 0 heterocycles. The van der Waals surface area contributed by atoms with Crippen LogP contribution in [0.5, 0.6) is 0 Å². The summed E-state index contributed by atoms with van der Waals surface area (Å²) in [7, 11) is 0. The SMILES string of the molecule is NCC(C(=O)c1cccc(Cl)c1Cl)c1ccccc1. The van der Waals surface area contributed by atoms with Crippen LogP contribution in [0.15, 0.2) is 48.5 Å². The lowest BCUT2D eigenvalue weighted by molar-refractivity contribution is 0.0962. The maximum atomic E-state index is 12.5. The highest BCUT2D eigenvalue weighted by molar-refractivity contribution is 6.44. The fourth-order valence-electron chi connectivity index (χ4n) is 1.96. The van der Waals surface area contributed by atoms with Gasteiger partial charge in [-0.2, -0.15) is 0 Å². The van der Waals surface area contributed by atoms with Crippen LogP contribution in [0.4, 0.5) is 0 Å². The Balaban J connectivity index is 2.39. The zero-order valence-corrected chi connectivity index (χ0v) is 11.7. The van der Waals surface area contributed by atoms with Gasteiger partial charge in [-0.05, 0) is 17.7 Å². The first-order valence-electron chi connectivity index (χ1n) is 5.88. The number of hydrogen-bond donors (Lipinski definition) is 1. The van der Waals surface area contributed by atoms with E-state index in [2.05, 4.69) is 0 Å². The molecule has 0 fully saturated rings. The molecule has 0 aliphatic rings. The quantitative estimate of drug-likeness (QED) is 0.868. The highest BCUT2D eigenvalue weighted by atomic mass is 35.5. The highest BCUT2D eigenvalue weighted by Gasteiger charge is 2.23. The van der Waals surface area contributed by atoms with Crippen molar-refractivity contribution in [3.05, 3.63) is 69.7 Å². The maximum absolute atomic E-state index is 12.5. The molecule has 2 nitrogen and oxygen atoms in total. The van der Waals surface area contributed by atoms with E-state index in [1.165, 1.54) is 0 Å². The zero-order valence-electron chi connectivity index (χ0n) is 10.1. The molecule has 0 aliphatic heterocycles. The number of Topliss-reactive ketones (excluding diaryl/α,β-unsaturated/α-hetero) is 1. The summed E-state index contributed by atoms with van der Waals surface area (Å²) < 4.78 is 0. The molecule has 0 saturated heterocycles. The van der Waals surface area contributed by atoms with Crippen molar-refractivity contribution in [3.8, 4) is 0 Å². The molecule has 4 heteroatoms. The minimum atomic E-state index is -0.405. The standard InChI is InChI=1S/C15H13Cl2NO/c16-13-8-4-7-11(14(13)17)15(19)12(9-18)10-5-2-1-3-6-10/h1-8,12H,9,18H2. The first kappa shape index (κ1) is 14.1. The molecular formula is C15H13Cl2NO. The van der Waals surface area contributed by atoms with Gasteiger partial charge in [0, 0.05) is 12.1 Å². The van der Waals surface area contributed by atoms with Gasteiger partial charge in [-0.15, -0.1) is 0 Å². The number of carbonyl (C=O) groups excluding carboxylic acids is 1. The molecule has 0 aromatic heterocycles. The van der Waals surface area contributed by atoms with Gasteiger partial charge >= 0.3 is 0 Å². The molecule has 0 saturated carbocycles. The number of carbonyl (C=O) groups is 1. The average molecular weight is 294 g/mol. The van der Waals surface area contributed by atoms with E-state index in [9.17, 15) is 4.79 Å². The lowest BCUT2D eigenvalue weighted by Gasteiger charge is -2.15. The van der Waals surface area contributed by atoms with Gasteiger partial charge in [0.25, 0.3) is 0 Å². The van der Waals surface area contributed by atoms with Crippen LogP contribution in [0.1, 0.15) is 21.8 Å². The minimum Gasteiger partial charge on any atom is -0.329 e. The summed E-state index contributed by atoms with van der Waals surface area (Å²) in [6.45, 7) is 0.228. The van der Waals surface area contributed by atoms with Crippen molar-refractivity contribution in [2.45, 2.75) is 5.92 Å². The van der Waals surface area contributed by atoms with Gasteiger partial charge in [-0.1, -0.05) is 59.6 Å². The monoisotopic (exact) mass is 293 g/mol. The Kier molecular flexibility index (Phi) is 4.59. The second-order valence-corrected chi connectivity index (χ2v) is 4.95. The Morgan fingerprint density at radius 2 is 1.74 bits per heavy atom. The van der Waals surface area contributed by atoms with Gasteiger partial charge in [0.2, 0.25) is 0 Å². The van der Waals surface area contributed by atoms with Gasteiger partial charge in [0.15, 0.2) is 5.78 Å². The molecule has 0 aliphatic carbocycles. The Morgan fingerprint density at radius 1 is 1.05 bits per heavy atom. The van der Waals surface area contributed by atoms with Crippen LogP contribution in [0.3, 0.4) is 0 Å². The first-order valence-corrected chi connectivity index (χ1v) is 6.64. The Bertz CT molecular complexity index is 584. The summed E-state index contributed by atoms with van der Waals surface area (Å²) in [6, 6.07) is 14.5. The molecule has 0 spiro atoms. The fraction of sp³-hybridized carbons (Fsp3) is 0.133. The van der Waals surface area contributed by atoms with Crippen molar-refractivity contribution in [2.75, 3.05) is 6.54 Å². The van der Waals surface area contributed by atoms with Crippen molar-refractivity contribution in [1.82, 2.24) is 0 Å². The number of benzene rings is 2. The molecule has 2 aromatic carbocycles. The molecule has 98 valence electrons. The maximum Gasteiger partial charge on any atom is 0.173 e. The van der Waals surface area contributed by atoms with Crippen molar-refractivity contribution in [3.63, 3.8) is 0 Å². The molecular weight excluding hydrogens is 281 g/mol. The van der Waals surface area contributed by atoms with E-state index in [0.717, 1.165) is 5.56 Å². The zero-order chi connectivity index (χ0) is 13.8. The van der Waals surface area contributed by atoms with Crippen molar-refractivity contribution >= 4 is 29.0 Å². The van der Waals surface area contributed by atoms with Crippen LogP contribution >= 0.6 is 23.2 Å². The van der Waals surface area contributed by atoms with Crippen LogP contribution in [-0.4, -0.2) is 12.3 Å². The van der Waals surface area contributed by atoms with Gasteiger partial charge in [-0.25, -0.2) is 0 Å². The Hall–Kier alpha value is -1.35. The van der Waals surface area contributed by atoms with Gasteiger partial charge in [-0.3, -0.25) is 4.79 Å². The van der Waals surface area contributed by atoms with E-state index in [-0.39, 0.29) is 17.4 Å². The molecule has 2 aromatic rings. The first-order chi connectivity index (χ1) is 9.15. The summed E-state index contributed by atoms with van der Waals surface area (Å²) in [4.78, 5) is 12.5. The van der Waals surface area contributed by atoms with Crippen LogP contribution in [0, 0.1) is 0 Å². The number of nitrogens with two attached hydrogens (primary N) is 1. The lowest BCUT2D eigenvalue weighted by atomic mass is 9.91. The van der Waals surface area contributed by atoms with Crippen LogP contribution in [0.25, 0.3) is 0 Å². The Labute approximate surface area is 122 Å². The molecule has 0 radical (unpaired) electrons. The summed E-state index contributed by atoms with van der Waals surface area (Å²) in [5.74, 6) is -0.515. The van der Waals surface area contributed by atoms with Gasteiger partial charge in [0.05, 0.1) is 16.0 Å². The molecule has 0 bridgehead atoms. The third-order valence-electron chi connectivity index (χ3n) is 2.97. The number of ketones is 1. The van der Waals surface area contributed by atoms with E-state index in [1.807, 2.05) is 30.3 Å². The fourth-order valence-corrected chi connectivity index (χ4v) is 2.36. The largest absolute Gasteiger partial charge is 0.329 e. The summed E-state index contributed by atoms with van der Waals surface area (Å²) in [5.41, 5.74) is 7.03. The van der Waals surface area contributed by atoms with Crippen LogP contribution in [-0.2, 0) is 0 Å². The second-order valence-electron chi connectivity index (χ2n) is 4.16. The van der Waals surface area contributed by atoms with E-state index in [1.54, 1.807) is 18.2 Å². The smallest absolute Gasteiger partial charge is 0.173 e. The summed E-state index contributed by atoms with van der Waals surface area (Å²) >= 11 is 12.0. The molecule has 0 amide bonds. The highest BCUT2D eigenvalue weighted by Crippen LogP contribution is 2.29. The predicted octanol–water partition coefficient (Wildman–Crippen LogP) is 3.92. The summed E-state index contributed by atoms with van der Waals surface area (Å²) in [5, 5.41) is 0.653. The lowest BCUT2D eigenvalue weighted by Crippen LogP contribution is -2.22. The average Bonchev–Trinajstić information content (AvgIpc) is 2.44. The molecule has 2 rings (SSSR count). The topological polar surface area (TPSA) is 43.1 Å². The summed E-state index contributed by atoms with van der Waals surface area (Å²) in [6.07, 6.45) is 0. The third kappa shape index (κ3) is 2.98. The Morgan fingerprint density at radius 3 is 2.37 bits per heavy atom. The molecule has 2 N–H and O–H groups in total. The van der Waals surface area contributed by atoms with E-state index in [4.69, 9.17) is 28.9 Å². The number of hydrogen-bond acceptors (Lipinski definition) is 2. The number of rotatable bonds is 4. The van der Waals surface area contributed by atoms with Crippen LogP contribution in [0.2, 0.25) is 10.0 Å². The molecule has 1 unspecified atom stereocenters. The molecule has 1 atom stereocenters. The molecule has 19 heavy (non-hydrogen) atoms. The van der Waals surface area contributed by atoms with Gasteiger partial charge < -0.3 is 5.73 Å². The predicted molar refractivity (Wildman–Crippen MR) is 79.0 cm³/mol. The third-order valence-corrected chi connectivity index (χ3v) is 3.79. The van der Waals surface area contributed by atoms with Crippen molar-refractivity contribution < 1.29 is 4.79 Å². The van der Waals surface area contributed by atoms with E-state index in [0.29, 0.717) is 10.6 Å². The van der Waals surface area contributed by atoms with E-state index < -0.39 is 5.92 Å². The van der Waals surface area contributed by atoms with E-state index >= 15 is 0 Å². The van der Waals surface area contributed by atoms with Crippen molar-refractivity contribution in [2.24, 2.45) is 5.73 Å². The minimum absolute atomic E-state index is 0.110. The van der Waals surface area contributed by atoms with Crippen molar-refractivity contribution in [1.29, 1.82) is 0 Å². The second kappa shape index (κ2) is 6.20. The normalized spacial score (nSPS) is 12.2. The van der Waals surface area contributed by atoms with Crippen LogP contribution < -0.4 is 5.73 Å². The van der Waals surface area contributed by atoms with Gasteiger partial charge in [0.1, 0.15) is 0 Å².